The van der Waals surface area contributed by atoms with Crippen molar-refractivity contribution in [3.8, 4) is 0 Å². The summed E-state index contributed by atoms with van der Waals surface area (Å²) in [6, 6.07) is 4.04. The van der Waals surface area contributed by atoms with Gasteiger partial charge in [0.1, 0.15) is 11.5 Å². The van der Waals surface area contributed by atoms with E-state index in [9.17, 15) is 5.11 Å². The van der Waals surface area contributed by atoms with Crippen molar-refractivity contribution in [1.82, 2.24) is 9.78 Å². The second-order valence-electron chi connectivity index (χ2n) is 5.88. The molecular weight excluding hydrogens is 320 g/mol. The highest BCUT2D eigenvalue weighted by Crippen LogP contribution is 2.48. The number of hydrogen-bond acceptors (Lipinski definition) is 3. The summed E-state index contributed by atoms with van der Waals surface area (Å²) in [5, 5.41) is 14.9. The van der Waals surface area contributed by atoms with Gasteiger partial charge in [0.15, 0.2) is 6.10 Å². The minimum atomic E-state index is -0.794. The zero-order valence-electron chi connectivity index (χ0n) is 11.9. The van der Waals surface area contributed by atoms with Gasteiger partial charge in [-0.2, -0.15) is 5.10 Å². The quantitative estimate of drug-likeness (QED) is 0.915. The zero-order valence-corrected chi connectivity index (χ0v) is 13.5. The Kier molecular flexibility index (Phi) is 3.50. The van der Waals surface area contributed by atoms with Crippen molar-refractivity contribution in [2.24, 2.45) is 5.92 Å². The minimum absolute atomic E-state index is 0.184. The van der Waals surface area contributed by atoms with Gasteiger partial charge in [-0.05, 0) is 54.2 Å². The van der Waals surface area contributed by atoms with Crippen molar-refractivity contribution in [2.75, 3.05) is 0 Å². The van der Waals surface area contributed by atoms with Crippen LogP contribution in [0.2, 0.25) is 0 Å². The van der Waals surface area contributed by atoms with Crippen molar-refractivity contribution in [2.45, 2.75) is 45.3 Å². The molecule has 1 fully saturated rings. The van der Waals surface area contributed by atoms with Crippen LogP contribution in [0, 0.1) is 5.92 Å². The van der Waals surface area contributed by atoms with Gasteiger partial charge in [0, 0.05) is 12.0 Å². The monoisotopic (exact) mass is 338 g/mol. The maximum Gasteiger partial charge on any atom is 0.154 e. The lowest BCUT2D eigenvalue weighted by molar-refractivity contribution is 0.173. The van der Waals surface area contributed by atoms with E-state index in [4.69, 9.17) is 4.42 Å². The first-order valence-corrected chi connectivity index (χ1v) is 7.79. The number of halogens is 1. The zero-order chi connectivity index (χ0) is 14.4. The molecule has 1 aliphatic rings. The summed E-state index contributed by atoms with van der Waals surface area (Å²) in [5.74, 6) is 2.79. The van der Waals surface area contributed by atoms with E-state index in [1.54, 1.807) is 6.20 Å². The van der Waals surface area contributed by atoms with Crippen LogP contribution in [-0.4, -0.2) is 14.9 Å². The Labute approximate surface area is 126 Å². The summed E-state index contributed by atoms with van der Waals surface area (Å²) in [6.07, 6.45) is 2.10. The van der Waals surface area contributed by atoms with Crippen LogP contribution in [0.5, 0.6) is 0 Å². The number of nitrogens with zero attached hydrogens (tertiary/aromatic N) is 2. The molecule has 2 aromatic heterocycles. The van der Waals surface area contributed by atoms with Crippen LogP contribution < -0.4 is 0 Å². The Morgan fingerprint density at radius 3 is 2.75 bits per heavy atom. The first kappa shape index (κ1) is 13.9. The lowest BCUT2D eigenvalue weighted by atomic mass is 10.2. The van der Waals surface area contributed by atoms with E-state index in [-0.39, 0.29) is 6.04 Å². The fraction of sp³-hybridized carbons (Fsp3) is 0.533. The van der Waals surface area contributed by atoms with E-state index in [1.807, 2.05) is 30.7 Å². The fourth-order valence-corrected chi connectivity index (χ4v) is 3.08. The van der Waals surface area contributed by atoms with Gasteiger partial charge in [-0.25, -0.2) is 0 Å². The lowest BCUT2D eigenvalue weighted by Gasteiger charge is -2.15. The molecule has 0 bridgehead atoms. The topological polar surface area (TPSA) is 51.2 Å². The molecule has 0 saturated heterocycles. The van der Waals surface area contributed by atoms with Crippen LogP contribution in [0.1, 0.15) is 62.5 Å². The predicted octanol–water partition coefficient (Wildman–Crippen LogP) is 4.02. The Bertz CT molecular complexity index is 617. The van der Waals surface area contributed by atoms with Crippen LogP contribution in [0.3, 0.4) is 0 Å². The molecule has 1 aliphatic carbocycles. The van der Waals surface area contributed by atoms with Gasteiger partial charge in [-0.15, -0.1) is 0 Å². The molecule has 2 heterocycles. The summed E-state index contributed by atoms with van der Waals surface area (Å²) in [4.78, 5) is 0. The maximum atomic E-state index is 10.6. The number of furan rings is 1. The molecule has 1 N–H and O–H groups in total. The third-order valence-electron chi connectivity index (χ3n) is 3.93. The molecule has 0 spiro atoms. The maximum absolute atomic E-state index is 10.6. The van der Waals surface area contributed by atoms with E-state index in [0.717, 1.165) is 15.9 Å². The van der Waals surface area contributed by atoms with Gasteiger partial charge in [0.05, 0.1) is 16.4 Å². The van der Waals surface area contributed by atoms with Crippen LogP contribution in [0.25, 0.3) is 0 Å². The second kappa shape index (κ2) is 5.04. The normalized spacial score (nSPS) is 23.3. The first-order chi connectivity index (χ1) is 9.49. The summed E-state index contributed by atoms with van der Waals surface area (Å²) in [7, 11) is 0. The van der Waals surface area contributed by atoms with Crippen molar-refractivity contribution >= 4 is 15.9 Å². The molecule has 4 nitrogen and oxygen atoms in total. The van der Waals surface area contributed by atoms with Crippen molar-refractivity contribution in [1.29, 1.82) is 0 Å². The SMILES string of the molecule is CC1CC1c1ccc(C(O)c2c(Br)cnn2C(C)C)o1. The summed E-state index contributed by atoms with van der Waals surface area (Å²) >= 11 is 3.46. The number of aliphatic hydroxyl groups excluding tert-OH is 1. The van der Waals surface area contributed by atoms with Crippen molar-refractivity contribution in [3.05, 3.63) is 40.0 Å². The highest BCUT2D eigenvalue weighted by atomic mass is 79.9. The highest BCUT2D eigenvalue weighted by molar-refractivity contribution is 9.10. The van der Waals surface area contributed by atoms with Crippen molar-refractivity contribution in [3.63, 3.8) is 0 Å². The summed E-state index contributed by atoms with van der Waals surface area (Å²) in [6.45, 7) is 6.29. The Morgan fingerprint density at radius 1 is 1.45 bits per heavy atom. The molecule has 0 aliphatic heterocycles. The Balaban J connectivity index is 1.90. The molecule has 108 valence electrons. The molecule has 3 rings (SSSR count). The van der Waals surface area contributed by atoms with Crippen LogP contribution >= 0.6 is 15.9 Å². The second-order valence-corrected chi connectivity index (χ2v) is 6.73. The molecule has 2 aromatic rings. The molecule has 3 unspecified atom stereocenters. The molecular formula is C15H19BrN2O2. The van der Waals surface area contributed by atoms with Gasteiger partial charge in [0.2, 0.25) is 0 Å². The Hall–Kier alpha value is -1.07. The van der Waals surface area contributed by atoms with E-state index in [0.29, 0.717) is 17.6 Å². The van der Waals surface area contributed by atoms with Crippen molar-refractivity contribution < 1.29 is 9.52 Å². The number of aromatic nitrogens is 2. The predicted molar refractivity (Wildman–Crippen MR) is 79.6 cm³/mol. The number of rotatable bonds is 4. The standard InChI is InChI=1S/C15H19BrN2O2/c1-8(2)18-14(11(16)7-17-18)15(19)13-5-4-12(20-13)10-6-9(10)3/h4-5,7-10,15,19H,6H2,1-3H3. The van der Waals surface area contributed by atoms with Crippen LogP contribution in [-0.2, 0) is 0 Å². The number of hydrogen-bond donors (Lipinski definition) is 1. The van der Waals surface area contributed by atoms with Gasteiger partial charge in [-0.3, -0.25) is 4.68 Å². The number of aliphatic hydroxyl groups is 1. The molecule has 20 heavy (non-hydrogen) atoms. The average Bonchev–Trinajstić information content (AvgIpc) is 2.82. The van der Waals surface area contributed by atoms with Crippen LogP contribution in [0.4, 0.5) is 0 Å². The largest absolute Gasteiger partial charge is 0.463 e. The van der Waals surface area contributed by atoms with Gasteiger partial charge in [0.25, 0.3) is 0 Å². The fourth-order valence-electron chi connectivity index (χ4n) is 2.59. The lowest BCUT2D eigenvalue weighted by Crippen LogP contribution is -2.12. The first-order valence-electron chi connectivity index (χ1n) is 6.99. The molecule has 0 aromatic carbocycles. The van der Waals surface area contributed by atoms with E-state index in [1.165, 1.54) is 6.42 Å². The average molecular weight is 339 g/mol. The molecule has 3 atom stereocenters. The molecule has 1 saturated carbocycles. The summed E-state index contributed by atoms with van der Waals surface area (Å²) < 4.78 is 8.46. The molecule has 0 amide bonds. The van der Waals surface area contributed by atoms with E-state index < -0.39 is 6.10 Å². The highest BCUT2D eigenvalue weighted by Gasteiger charge is 2.37. The third kappa shape index (κ3) is 2.33. The minimum Gasteiger partial charge on any atom is -0.463 e. The smallest absolute Gasteiger partial charge is 0.154 e. The van der Waals surface area contributed by atoms with Gasteiger partial charge in [-0.1, -0.05) is 6.92 Å². The molecule has 5 heteroatoms. The van der Waals surface area contributed by atoms with Crippen LogP contribution in [0.15, 0.2) is 27.2 Å². The van der Waals surface area contributed by atoms with Gasteiger partial charge >= 0.3 is 0 Å². The third-order valence-corrected chi connectivity index (χ3v) is 4.54. The van der Waals surface area contributed by atoms with E-state index in [2.05, 4.69) is 28.0 Å². The van der Waals surface area contributed by atoms with E-state index >= 15 is 0 Å². The van der Waals surface area contributed by atoms with Gasteiger partial charge < -0.3 is 9.52 Å². The Morgan fingerprint density at radius 2 is 2.15 bits per heavy atom. The summed E-state index contributed by atoms with van der Waals surface area (Å²) in [5.41, 5.74) is 0.741. The molecule has 0 radical (unpaired) electrons.